The lowest BCUT2D eigenvalue weighted by atomic mass is 10.1. The first kappa shape index (κ1) is 11.2. The maximum Gasteiger partial charge on any atom is 0.141 e. The Bertz CT molecular complexity index is 340. The average molecular weight is 220 g/mol. The lowest BCUT2D eigenvalue weighted by Crippen LogP contribution is -2.13. The third-order valence-electron chi connectivity index (χ3n) is 3.31. The fourth-order valence-electron chi connectivity index (χ4n) is 2.39. The van der Waals surface area contributed by atoms with Crippen LogP contribution in [0.2, 0.25) is 0 Å². The fourth-order valence-corrected chi connectivity index (χ4v) is 2.39. The van der Waals surface area contributed by atoms with E-state index in [0.717, 1.165) is 24.1 Å². The van der Waals surface area contributed by atoms with Crippen molar-refractivity contribution in [1.82, 2.24) is 4.98 Å². The number of aromatic nitrogens is 1. The van der Waals surface area contributed by atoms with E-state index in [4.69, 9.17) is 5.84 Å². The van der Waals surface area contributed by atoms with Gasteiger partial charge < -0.3 is 10.7 Å². The highest BCUT2D eigenvalue weighted by atomic mass is 15.2. The van der Waals surface area contributed by atoms with Gasteiger partial charge in [-0.3, -0.25) is 0 Å². The zero-order valence-corrected chi connectivity index (χ0v) is 9.74. The van der Waals surface area contributed by atoms with Crippen LogP contribution in [0.1, 0.15) is 26.2 Å². The molecule has 1 heterocycles. The highest BCUT2D eigenvalue weighted by Gasteiger charge is 2.20. The van der Waals surface area contributed by atoms with Crippen molar-refractivity contribution in [3.05, 3.63) is 18.3 Å². The van der Waals surface area contributed by atoms with Gasteiger partial charge in [0.15, 0.2) is 0 Å². The SMILES string of the molecule is CC1CCC(CNc2ccnc(NN)c2)C1. The predicted octanol–water partition coefficient (Wildman–Crippen LogP) is 2.22. The molecule has 1 aromatic rings. The largest absolute Gasteiger partial charge is 0.385 e. The number of hydrazine groups is 1. The summed E-state index contributed by atoms with van der Waals surface area (Å²) in [7, 11) is 0. The van der Waals surface area contributed by atoms with Gasteiger partial charge >= 0.3 is 0 Å². The Morgan fingerprint density at radius 2 is 2.38 bits per heavy atom. The second-order valence-electron chi connectivity index (χ2n) is 4.74. The van der Waals surface area contributed by atoms with Crippen LogP contribution in [0, 0.1) is 11.8 Å². The van der Waals surface area contributed by atoms with Gasteiger partial charge in [0, 0.05) is 24.5 Å². The second kappa shape index (κ2) is 5.16. The van der Waals surface area contributed by atoms with E-state index in [1.165, 1.54) is 19.3 Å². The van der Waals surface area contributed by atoms with Crippen molar-refractivity contribution in [1.29, 1.82) is 0 Å². The third-order valence-corrected chi connectivity index (χ3v) is 3.31. The smallest absolute Gasteiger partial charge is 0.141 e. The number of anilines is 2. The summed E-state index contributed by atoms with van der Waals surface area (Å²) in [5, 5.41) is 3.45. The normalized spacial score (nSPS) is 24.4. The van der Waals surface area contributed by atoms with Crippen LogP contribution in [0.4, 0.5) is 11.5 Å². The molecule has 2 rings (SSSR count). The number of hydrogen-bond acceptors (Lipinski definition) is 4. The van der Waals surface area contributed by atoms with Gasteiger partial charge in [-0.2, -0.15) is 0 Å². The Labute approximate surface area is 96.6 Å². The van der Waals surface area contributed by atoms with Crippen LogP contribution >= 0.6 is 0 Å². The topological polar surface area (TPSA) is 63.0 Å². The van der Waals surface area contributed by atoms with E-state index < -0.39 is 0 Å². The van der Waals surface area contributed by atoms with E-state index in [9.17, 15) is 0 Å². The molecule has 0 spiro atoms. The standard InChI is InChI=1S/C12H20N4/c1-9-2-3-10(6-9)8-15-11-4-5-14-12(7-11)16-13/h4-5,7,9-10H,2-3,6,8,13H2,1H3,(H2,14,15,16). The summed E-state index contributed by atoms with van der Waals surface area (Å²) in [6.07, 6.45) is 5.83. The number of hydrogen-bond donors (Lipinski definition) is 3. The molecule has 0 saturated heterocycles. The molecule has 1 aliphatic carbocycles. The first-order chi connectivity index (χ1) is 7.78. The van der Waals surface area contributed by atoms with Crippen molar-refractivity contribution in [3.63, 3.8) is 0 Å². The first-order valence-corrected chi connectivity index (χ1v) is 5.94. The minimum atomic E-state index is 0.699. The Kier molecular flexibility index (Phi) is 3.62. The Morgan fingerprint density at radius 3 is 3.06 bits per heavy atom. The number of nitrogens with two attached hydrogens (primary N) is 1. The summed E-state index contributed by atoms with van der Waals surface area (Å²) in [5.74, 6) is 7.72. The quantitative estimate of drug-likeness (QED) is 0.538. The molecule has 0 aliphatic heterocycles. The fraction of sp³-hybridized carbons (Fsp3) is 0.583. The van der Waals surface area contributed by atoms with Gasteiger partial charge in [-0.25, -0.2) is 10.8 Å². The molecule has 1 aliphatic rings. The van der Waals surface area contributed by atoms with E-state index >= 15 is 0 Å². The van der Waals surface area contributed by atoms with Crippen molar-refractivity contribution in [3.8, 4) is 0 Å². The highest BCUT2D eigenvalue weighted by molar-refractivity contribution is 5.51. The molecule has 2 atom stereocenters. The molecule has 1 saturated carbocycles. The first-order valence-electron chi connectivity index (χ1n) is 5.94. The summed E-state index contributed by atoms with van der Waals surface area (Å²) in [6, 6.07) is 3.90. The lowest BCUT2D eigenvalue weighted by Gasteiger charge is -2.12. The van der Waals surface area contributed by atoms with Gasteiger partial charge in [-0.15, -0.1) is 0 Å². The number of nitrogens with zero attached hydrogens (tertiary/aromatic N) is 1. The van der Waals surface area contributed by atoms with Crippen LogP contribution in [-0.4, -0.2) is 11.5 Å². The van der Waals surface area contributed by atoms with Crippen molar-refractivity contribution >= 4 is 11.5 Å². The van der Waals surface area contributed by atoms with Gasteiger partial charge in [0.1, 0.15) is 5.82 Å². The minimum Gasteiger partial charge on any atom is -0.385 e. The molecule has 0 radical (unpaired) electrons. The molecule has 0 amide bonds. The van der Waals surface area contributed by atoms with E-state index in [1.807, 2.05) is 12.1 Å². The van der Waals surface area contributed by atoms with Crippen LogP contribution in [0.25, 0.3) is 0 Å². The zero-order chi connectivity index (χ0) is 11.4. The van der Waals surface area contributed by atoms with Crippen LogP contribution < -0.4 is 16.6 Å². The highest BCUT2D eigenvalue weighted by Crippen LogP contribution is 2.30. The zero-order valence-electron chi connectivity index (χ0n) is 9.74. The molecule has 1 fully saturated rings. The number of nitrogen functional groups attached to an aromatic ring is 1. The molecule has 16 heavy (non-hydrogen) atoms. The van der Waals surface area contributed by atoms with E-state index in [2.05, 4.69) is 22.7 Å². The van der Waals surface area contributed by atoms with Gasteiger partial charge in [0.25, 0.3) is 0 Å². The summed E-state index contributed by atoms with van der Waals surface area (Å²) in [5.41, 5.74) is 3.64. The summed E-state index contributed by atoms with van der Waals surface area (Å²) in [4.78, 5) is 4.07. The molecular weight excluding hydrogens is 200 g/mol. The van der Waals surface area contributed by atoms with Crippen molar-refractivity contribution in [2.75, 3.05) is 17.3 Å². The Balaban J connectivity index is 1.84. The van der Waals surface area contributed by atoms with E-state index in [0.29, 0.717) is 5.82 Å². The molecule has 2 unspecified atom stereocenters. The summed E-state index contributed by atoms with van der Waals surface area (Å²) in [6.45, 7) is 3.39. The number of nitrogens with one attached hydrogen (secondary N) is 2. The Morgan fingerprint density at radius 1 is 1.50 bits per heavy atom. The van der Waals surface area contributed by atoms with Gasteiger partial charge in [0.2, 0.25) is 0 Å². The maximum absolute atomic E-state index is 5.31. The monoisotopic (exact) mass is 220 g/mol. The average Bonchev–Trinajstić information content (AvgIpc) is 2.73. The Hall–Kier alpha value is -1.29. The van der Waals surface area contributed by atoms with Crippen LogP contribution in [0.15, 0.2) is 18.3 Å². The number of rotatable bonds is 4. The molecule has 4 heteroatoms. The molecule has 0 aromatic carbocycles. The molecule has 4 nitrogen and oxygen atoms in total. The number of pyridine rings is 1. The maximum atomic E-state index is 5.31. The van der Waals surface area contributed by atoms with Crippen LogP contribution in [0.3, 0.4) is 0 Å². The third kappa shape index (κ3) is 2.85. The van der Waals surface area contributed by atoms with Gasteiger partial charge in [-0.1, -0.05) is 13.3 Å². The molecule has 1 aromatic heterocycles. The van der Waals surface area contributed by atoms with Crippen LogP contribution in [0.5, 0.6) is 0 Å². The van der Waals surface area contributed by atoms with E-state index in [1.54, 1.807) is 6.20 Å². The lowest BCUT2D eigenvalue weighted by molar-refractivity contribution is 0.537. The molecule has 0 bridgehead atoms. The summed E-state index contributed by atoms with van der Waals surface area (Å²) >= 11 is 0. The van der Waals surface area contributed by atoms with Crippen molar-refractivity contribution < 1.29 is 0 Å². The van der Waals surface area contributed by atoms with Crippen molar-refractivity contribution in [2.24, 2.45) is 17.7 Å². The van der Waals surface area contributed by atoms with Gasteiger partial charge in [-0.05, 0) is 30.7 Å². The predicted molar refractivity (Wildman–Crippen MR) is 67.0 cm³/mol. The molecular formula is C12H20N4. The van der Waals surface area contributed by atoms with Crippen molar-refractivity contribution in [2.45, 2.75) is 26.2 Å². The summed E-state index contributed by atoms with van der Waals surface area (Å²) < 4.78 is 0. The van der Waals surface area contributed by atoms with Crippen LogP contribution in [-0.2, 0) is 0 Å². The second-order valence-corrected chi connectivity index (χ2v) is 4.74. The molecule has 4 N–H and O–H groups in total. The minimum absolute atomic E-state index is 0.699. The van der Waals surface area contributed by atoms with E-state index in [-0.39, 0.29) is 0 Å². The molecule has 88 valence electrons. The van der Waals surface area contributed by atoms with Gasteiger partial charge in [0.05, 0.1) is 0 Å².